The third-order valence-corrected chi connectivity index (χ3v) is 8.82. The maximum atomic E-state index is 13.7. The maximum absolute atomic E-state index is 13.7. The lowest BCUT2D eigenvalue weighted by Crippen LogP contribution is -2.36. The molecule has 1 saturated heterocycles. The SMILES string of the molecule is CC(=O)N1CCC(c2cn(S(=O)(=O)c3ccc(C(=O)NCc4ccc(F)cc4)cc3)c3ccccc23)CC1. The lowest BCUT2D eigenvalue weighted by atomic mass is 9.89. The summed E-state index contributed by atoms with van der Waals surface area (Å²) >= 11 is 0. The van der Waals surface area contributed by atoms with Crippen LogP contribution in [0.2, 0.25) is 0 Å². The number of benzene rings is 3. The van der Waals surface area contributed by atoms with Crippen molar-refractivity contribution in [3.63, 3.8) is 0 Å². The van der Waals surface area contributed by atoms with Crippen molar-refractivity contribution in [2.45, 2.75) is 37.1 Å². The molecule has 9 heteroatoms. The molecule has 7 nitrogen and oxygen atoms in total. The van der Waals surface area contributed by atoms with Crippen molar-refractivity contribution in [1.29, 1.82) is 0 Å². The Bertz CT molecular complexity index is 1590. The van der Waals surface area contributed by atoms with Gasteiger partial charge in [0.2, 0.25) is 5.91 Å². The Morgan fingerprint density at radius 2 is 1.61 bits per heavy atom. The second-order valence-corrected chi connectivity index (χ2v) is 11.3. The zero-order valence-electron chi connectivity index (χ0n) is 20.9. The molecule has 38 heavy (non-hydrogen) atoms. The lowest BCUT2D eigenvalue weighted by molar-refractivity contribution is -0.129. The van der Waals surface area contributed by atoms with Gasteiger partial charge in [-0.25, -0.2) is 16.8 Å². The van der Waals surface area contributed by atoms with Crippen LogP contribution in [-0.4, -0.2) is 42.2 Å². The standard InChI is InChI=1S/C29H28FN3O4S/c1-20(34)32-16-14-22(15-17-32)27-19-33(28-5-3-2-4-26(27)28)38(36,37)25-12-8-23(9-13-25)29(35)31-18-21-6-10-24(30)11-7-21/h2-13,19,22H,14-18H2,1H3,(H,31,35). The molecule has 0 spiro atoms. The van der Waals surface area contributed by atoms with E-state index in [1.165, 1.54) is 40.4 Å². The number of rotatable bonds is 6. The van der Waals surface area contributed by atoms with Gasteiger partial charge in [-0.15, -0.1) is 0 Å². The van der Waals surface area contributed by atoms with E-state index < -0.39 is 10.0 Å². The Balaban J connectivity index is 1.37. The average molecular weight is 534 g/mol. The summed E-state index contributed by atoms with van der Waals surface area (Å²) in [5.41, 5.74) is 2.63. The van der Waals surface area contributed by atoms with E-state index in [9.17, 15) is 22.4 Å². The number of amides is 2. The van der Waals surface area contributed by atoms with Crippen LogP contribution in [0.15, 0.2) is 83.9 Å². The van der Waals surface area contributed by atoms with Crippen molar-refractivity contribution in [1.82, 2.24) is 14.2 Å². The second kappa shape index (κ2) is 10.4. The van der Waals surface area contributed by atoms with Crippen LogP contribution in [0.1, 0.15) is 47.2 Å². The number of carbonyl (C=O) groups excluding carboxylic acids is 2. The van der Waals surface area contributed by atoms with Gasteiger partial charge >= 0.3 is 0 Å². The number of fused-ring (bicyclic) bond motifs is 1. The van der Waals surface area contributed by atoms with E-state index in [0.29, 0.717) is 24.2 Å². The van der Waals surface area contributed by atoms with Gasteiger partial charge in [0.1, 0.15) is 5.82 Å². The van der Waals surface area contributed by atoms with Crippen molar-refractivity contribution in [3.8, 4) is 0 Å². The molecule has 2 amide bonds. The predicted octanol–water partition coefficient (Wildman–Crippen LogP) is 4.67. The molecule has 0 saturated carbocycles. The van der Waals surface area contributed by atoms with E-state index in [4.69, 9.17) is 0 Å². The first-order valence-electron chi connectivity index (χ1n) is 12.5. The second-order valence-electron chi connectivity index (χ2n) is 9.52. The molecular weight excluding hydrogens is 505 g/mol. The van der Waals surface area contributed by atoms with Crippen LogP contribution in [0, 0.1) is 5.82 Å². The molecule has 196 valence electrons. The molecule has 0 unspecified atom stereocenters. The molecule has 3 aromatic carbocycles. The number of aromatic nitrogens is 1. The fourth-order valence-corrected chi connectivity index (χ4v) is 6.36. The summed E-state index contributed by atoms with van der Waals surface area (Å²) in [6.07, 6.45) is 3.25. The van der Waals surface area contributed by atoms with Gasteiger partial charge in [0, 0.05) is 43.7 Å². The van der Waals surface area contributed by atoms with Gasteiger partial charge in [0.15, 0.2) is 0 Å². The number of nitrogens with one attached hydrogen (secondary N) is 1. The van der Waals surface area contributed by atoms with Gasteiger partial charge in [-0.2, -0.15) is 0 Å². The number of nitrogens with zero attached hydrogens (tertiary/aromatic N) is 2. The number of likely N-dealkylation sites (tertiary alicyclic amines) is 1. The summed E-state index contributed by atoms with van der Waals surface area (Å²) < 4.78 is 41.8. The van der Waals surface area contributed by atoms with Gasteiger partial charge in [0.25, 0.3) is 15.9 Å². The minimum Gasteiger partial charge on any atom is -0.348 e. The van der Waals surface area contributed by atoms with Crippen LogP contribution < -0.4 is 5.32 Å². The fourth-order valence-electron chi connectivity index (χ4n) is 4.98. The third-order valence-electron chi connectivity index (χ3n) is 7.13. The number of hydrogen-bond acceptors (Lipinski definition) is 4. The van der Waals surface area contributed by atoms with Crippen LogP contribution >= 0.6 is 0 Å². The average Bonchev–Trinajstić information content (AvgIpc) is 3.33. The highest BCUT2D eigenvalue weighted by atomic mass is 32.2. The van der Waals surface area contributed by atoms with Crippen LogP contribution in [0.4, 0.5) is 4.39 Å². The Hall–Kier alpha value is -3.98. The third kappa shape index (κ3) is 5.06. The Morgan fingerprint density at radius 1 is 0.947 bits per heavy atom. The number of halogens is 1. The molecule has 5 rings (SSSR count). The minimum atomic E-state index is -3.92. The molecule has 2 heterocycles. The van der Waals surface area contributed by atoms with Crippen LogP contribution in [0.3, 0.4) is 0 Å². The van der Waals surface area contributed by atoms with E-state index in [1.54, 1.807) is 31.3 Å². The van der Waals surface area contributed by atoms with Crippen molar-refractivity contribution in [2.75, 3.05) is 13.1 Å². The quantitative estimate of drug-likeness (QED) is 0.390. The van der Waals surface area contributed by atoms with Gasteiger partial charge in [-0.1, -0.05) is 30.3 Å². The summed E-state index contributed by atoms with van der Waals surface area (Å²) in [5, 5.41) is 3.64. The normalized spacial score (nSPS) is 14.5. The van der Waals surface area contributed by atoms with Crippen LogP contribution in [-0.2, 0) is 21.4 Å². The highest BCUT2D eigenvalue weighted by Gasteiger charge is 2.28. The highest BCUT2D eigenvalue weighted by molar-refractivity contribution is 7.90. The molecule has 1 N–H and O–H groups in total. The Kier molecular flexibility index (Phi) is 7.03. The smallest absolute Gasteiger partial charge is 0.268 e. The van der Waals surface area contributed by atoms with E-state index in [0.717, 1.165) is 29.4 Å². The first kappa shape index (κ1) is 25.7. The minimum absolute atomic E-state index is 0.0565. The van der Waals surface area contributed by atoms with Crippen LogP contribution in [0.5, 0.6) is 0 Å². The van der Waals surface area contributed by atoms with Crippen molar-refractivity contribution < 1.29 is 22.4 Å². The molecule has 0 atom stereocenters. The van der Waals surface area contributed by atoms with Crippen molar-refractivity contribution >= 4 is 32.7 Å². The maximum Gasteiger partial charge on any atom is 0.268 e. The van der Waals surface area contributed by atoms with E-state index in [2.05, 4.69) is 5.32 Å². The van der Waals surface area contributed by atoms with Gasteiger partial charge < -0.3 is 10.2 Å². The summed E-state index contributed by atoms with van der Waals surface area (Å²) in [4.78, 5) is 26.2. The molecule has 1 aromatic heterocycles. The largest absolute Gasteiger partial charge is 0.348 e. The molecule has 0 radical (unpaired) electrons. The summed E-state index contributed by atoms with van der Waals surface area (Å²) in [6.45, 7) is 3.09. The highest BCUT2D eigenvalue weighted by Crippen LogP contribution is 2.36. The van der Waals surface area contributed by atoms with E-state index in [-0.39, 0.29) is 35.0 Å². The van der Waals surface area contributed by atoms with Gasteiger partial charge in [-0.05, 0) is 72.4 Å². The predicted molar refractivity (Wildman–Crippen MR) is 143 cm³/mol. The molecular formula is C29H28FN3O4S. The Labute approximate surface area is 220 Å². The summed E-state index contributed by atoms with van der Waals surface area (Å²) in [5.74, 6) is -0.498. The molecule has 1 fully saturated rings. The number of para-hydroxylation sites is 1. The Morgan fingerprint density at radius 3 is 2.26 bits per heavy atom. The topological polar surface area (TPSA) is 88.5 Å². The molecule has 1 aliphatic heterocycles. The number of hydrogen-bond donors (Lipinski definition) is 1. The van der Waals surface area contributed by atoms with Gasteiger partial charge in [0.05, 0.1) is 10.4 Å². The zero-order chi connectivity index (χ0) is 26.9. The monoisotopic (exact) mass is 533 g/mol. The number of piperidine rings is 1. The van der Waals surface area contributed by atoms with Gasteiger partial charge in [-0.3, -0.25) is 9.59 Å². The molecule has 1 aliphatic rings. The fraction of sp³-hybridized carbons (Fsp3) is 0.241. The van der Waals surface area contributed by atoms with E-state index in [1.807, 2.05) is 23.1 Å². The first-order valence-corrected chi connectivity index (χ1v) is 13.9. The van der Waals surface area contributed by atoms with E-state index >= 15 is 0 Å². The molecule has 0 aliphatic carbocycles. The van der Waals surface area contributed by atoms with Crippen LogP contribution in [0.25, 0.3) is 10.9 Å². The lowest BCUT2D eigenvalue weighted by Gasteiger charge is -2.31. The molecule has 0 bridgehead atoms. The van der Waals surface area contributed by atoms with Crippen molar-refractivity contribution in [3.05, 3.63) is 102 Å². The molecule has 4 aromatic rings. The summed E-state index contributed by atoms with van der Waals surface area (Å²) in [6, 6.07) is 19.1. The van der Waals surface area contributed by atoms with Crippen molar-refractivity contribution in [2.24, 2.45) is 0 Å². The number of carbonyl (C=O) groups is 2. The summed E-state index contributed by atoms with van der Waals surface area (Å²) in [7, 11) is -3.92. The zero-order valence-corrected chi connectivity index (χ0v) is 21.7. The first-order chi connectivity index (χ1) is 18.2.